The number of benzene rings is 1. The normalized spacial score (nSPS) is 20.1. The molecule has 2 aliphatic rings. The molecule has 0 bridgehead atoms. The number of morpholine rings is 1. The number of hydrogen-bond donors (Lipinski definition) is 2. The van der Waals surface area contributed by atoms with Gasteiger partial charge in [-0.25, -0.2) is 19.7 Å². The largest absolute Gasteiger partial charge is 0.379 e. The fourth-order valence-corrected chi connectivity index (χ4v) is 6.94. The lowest BCUT2D eigenvalue weighted by Gasteiger charge is -2.38. The SMILES string of the molecule is CC(C)(C)c1cc(NC(=O)Nc2ccc(-c3cn4c(n3)sc3nc(C5CCC(N6CCOCC6)CC5)ncc34)cc2)no1. The molecule has 7 rings (SSSR count). The monoisotopic (exact) mass is 600 g/mol. The van der Waals surface area contributed by atoms with Crippen LogP contribution in [0.3, 0.4) is 0 Å². The van der Waals surface area contributed by atoms with E-state index in [9.17, 15) is 4.79 Å². The van der Waals surface area contributed by atoms with Gasteiger partial charge in [-0.05, 0) is 37.8 Å². The van der Waals surface area contributed by atoms with Crippen molar-refractivity contribution in [3.63, 3.8) is 0 Å². The van der Waals surface area contributed by atoms with Gasteiger partial charge in [0.05, 0.1) is 25.1 Å². The first-order valence-electron chi connectivity index (χ1n) is 14.9. The lowest BCUT2D eigenvalue weighted by atomic mass is 9.84. The zero-order chi connectivity index (χ0) is 29.6. The van der Waals surface area contributed by atoms with Crippen LogP contribution in [0.1, 0.15) is 64.0 Å². The highest BCUT2D eigenvalue weighted by Crippen LogP contribution is 2.35. The summed E-state index contributed by atoms with van der Waals surface area (Å²) < 4.78 is 12.9. The smallest absolute Gasteiger partial charge is 0.324 e. The quantitative estimate of drug-likeness (QED) is 0.241. The number of aromatic nitrogens is 5. The molecule has 5 aromatic rings. The topological polar surface area (TPSA) is 123 Å². The van der Waals surface area contributed by atoms with Crippen LogP contribution in [0.25, 0.3) is 26.6 Å². The molecule has 2 N–H and O–H groups in total. The molecule has 0 radical (unpaired) electrons. The van der Waals surface area contributed by atoms with Crippen LogP contribution in [0.4, 0.5) is 16.3 Å². The molecule has 2 amide bonds. The van der Waals surface area contributed by atoms with Gasteiger partial charge in [-0.3, -0.25) is 14.6 Å². The van der Waals surface area contributed by atoms with E-state index in [0.717, 1.165) is 71.5 Å². The Hall–Kier alpha value is -3.87. The number of urea groups is 1. The van der Waals surface area contributed by atoms with E-state index >= 15 is 0 Å². The molecule has 1 saturated carbocycles. The molecular weight excluding hydrogens is 564 g/mol. The van der Waals surface area contributed by atoms with E-state index in [0.29, 0.717) is 29.2 Å². The van der Waals surface area contributed by atoms with E-state index in [1.54, 1.807) is 17.4 Å². The zero-order valence-electron chi connectivity index (χ0n) is 24.7. The lowest BCUT2D eigenvalue weighted by Crippen LogP contribution is -2.44. The number of ether oxygens (including phenoxy) is 1. The van der Waals surface area contributed by atoms with E-state index in [-0.39, 0.29) is 11.4 Å². The summed E-state index contributed by atoms with van der Waals surface area (Å²) in [4.78, 5) is 31.6. The predicted molar refractivity (Wildman–Crippen MR) is 167 cm³/mol. The van der Waals surface area contributed by atoms with Gasteiger partial charge in [-0.1, -0.05) is 49.4 Å². The van der Waals surface area contributed by atoms with Crippen LogP contribution >= 0.6 is 11.3 Å². The van der Waals surface area contributed by atoms with E-state index in [4.69, 9.17) is 24.2 Å². The first-order valence-corrected chi connectivity index (χ1v) is 15.7. The van der Waals surface area contributed by atoms with Crippen LogP contribution in [0.5, 0.6) is 0 Å². The van der Waals surface area contributed by atoms with Crippen molar-refractivity contribution in [2.45, 2.75) is 63.8 Å². The molecule has 12 heteroatoms. The van der Waals surface area contributed by atoms with Crippen LogP contribution in [0.15, 0.2) is 47.2 Å². The maximum Gasteiger partial charge on any atom is 0.324 e. The maximum atomic E-state index is 12.5. The Morgan fingerprint density at radius 1 is 1.02 bits per heavy atom. The minimum absolute atomic E-state index is 0.189. The summed E-state index contributed by atoms with van der Waals surface area (Å²) in [5.41, 5.74) is 3.25. The van der Waals surface area contributed by atoms with Gasteiger partial charge in [0.15, 0.2) is 10.8 Å². The lowest BCUT2D eigenvalue weighted by molar-refractivity contribution is 0.00712. The van der Waals surface area contributed by atoms with Crippen molar-refractivity contribution in [3.05, 3.63) is 54.3 Å². The van der Waals surface area contributed by atoms with Gasteiger partial charge >= 0.3 is 6.03 Å². The average molecular weight is 601 g/mol. The van der Waals surface area contributed by atoms with E-state index < -0.39 is 0 Å². The van der Waals surface area contributed by atoms with Crippen molar-refractivity contribution >= 4 is 44.2 Å². The number of carbonyl (C=O) groups is 1. The van der Waals surface area contributed by atoms with Crippen molar-refractivity contribution in [1.29, 1.82) is 0 Å². The standard InChI is InChI=1S/C31H36N8O3S/c1-31(2,3)25-16-26(37-42-25)35-29(40)33-21-8-4-19(5-9-21)23-18-39-24-17-32-27(36-28(24)43-30(39)34-23)20-6-10-22(11-7-20)38-12-14-41-15-13-38/h4-5,8-9,16-18,20,22H,6-7,10-15H2,1-3H3,(H2,33,35,37,40). The second kappa shape index (κ2) is 11.3. The van der Waals surface area contributed by atoms with Crippen molar-refractivity contribution in [3.8, 4) is 11.3 Å². The van der Waals surface area contributed by atoms with Gasteiger partial charge in [-0.2, -0.15) is 0 Å². The van der Waals surface area contributed by atoms with Crippen molar-refractivity contribution < 1.29 is 14.1 Å². The third-order valence-electron chi connectivity index (χ3n) is 8.43. The van der Waals surface area contributed by atoms with E-state index in [2.05, 4.69) is 25.1 Å². The number of nitrogens with zero attached hydrogens (tertiary/aromatic N) is 6. The van der Waals surface area contributed by atoms with Crippen molar-refractivity contribution in [2.75, 3.05) is 36.9 Å². The van der Waals surface area contributed by atoms with Crippen LogP contribution in [0.2, 0.25) is 0 Å². The van der Waals surface area contributed by atoms with E-state index in [1.165, 1.54) is 12.8 Å². The molecule has 224 valence electrons. The third kappa shape index (κ3) is 5.86. The highest BCUT2D eigenvalue weighted by atomic mass is 32.1. The molecule has 5 heterocycles. The Labute approximate surface area is 253 Å². The minimum Gasteiger partial charge on any atom is -0.379 e. The number of anilines is 2. The summed E-state index contributed by atoms with van der Waals surface area (Å²) in [6.07, 6.45) is 8.63. The molecule has 0 unspecified atom stereocenters. The third-order valence-corrected chi connectivity index (χ3v) is 9.39. The fraction of sp³-hybridized carbons (Fsp3) is 0.452. The van der Waals surface area contributed by atoms with E-state index in [1.807, 2.05) is 57.4 Å². The highest BCUT2D eigenvalue weighted by molar-refractivity contribution is 7.23. The number of thiazole rings is 1. The molecule has 43 heavy (non-hydrogen) atoms. The Balaban J connectivity index is 0.994. The van der Waals surface area contributed by atoms with Gasteiger partial charge in [0.25, 0.3) is 0 Å². The number of imidazole rings is 1. The van der Waals surface area contributed by atoms with Gasteiger partial charge in [0.1, 0.15) is 21.9 Å². The number of rotatable bonds is 5. The Morgan fingerprint density at radius 2 is 1.79 bits per heavy atom. The zero-order valence-corrected chi connectivity index (χ0v) is 25.5. The summed E-state index contributed by atoms with van der Waals surface area (Å²) in [5.74, 6) is 2.45. The predicted octanol–water partition coefficient (Wildman–Crippen LogP) is 6.29. The van der Waals surface area contributed by atoms with Crippen LogP contribution < -0.4 is 10.6 Å². The van der Waals surface area contributed by atoms with Gasteiger partial charge < -0.3 is 14.6 Å². The summed E-state index contributed by atoms with van der Waals surface area (Å²) in [7, 11) is 0. The molecule has 1 aliphatic heterocycles. The minimum atomic E-state index is -0.389. The number of nitrogens with one attached hydrogen (secondary N) is 2. The number of carbonyl (C=O) groups excluding carboxylic acids is 1. The van der Waals surface area contributed by atoms with Crippen LogP contribution in [0, 0.1) is 0 Å². The summed E-state index contributed by atoms with van der Waals surface area (Å²) in [5, 5.41) is 9.48. The molecule has 1 saturated heterocycles. The Morgan fingerprint density at radius 3 is 2.51 bits per heavy atom. The van der Waals surface area contributed by atoms with Gasteiger partial charge in [0, 0.05) is 54.0 Å². The molecule has 1 aromatic carbocycles. The molecule has 2 fully saturated rings. The maximum absolute atomic E-state index is 12.5. The molecule has 4 aromatic heterocycles. The summed E-state index contributed by atoms with van der Waals surface area (Å²) in [6.45, 7) is 9.88. The number of amides is 2. The fourth-order valence-electron chi connectivity index (χ4n) is 5.98. The second-order valence-corrected chi connectivity index (χ2v) is 13.4. The Kier molecular flexibility index (Phi) is 7.36. The molecular formula is C31H36N8O3S. The number of hydrogen-bond acceptors (Lipinski definition) is 9. The van der Waals surface area contributed by atoms with Gasteiger partial charge in [0.2, 0.25) is 0 Å². The molecule has 11 nitrogen and oxygen atoms in total. The number of fused-ring (bicyclic) bond motifs is 3. The average Bonchev–Trinajstić information content (AvgIpc) is 3.73. The first-order chi connectivity index (χ1) is 20.8. The van der Waals surface area contributed by atoms with Crippen molar-refractivity contribution in [1.82, 2.24) is 29.4 Å². The van der Waals surface area contributed by atoms with Crippen molar-refractivity contribution in [2.24, 2.45) is 0 Å². The summed E-state index contributed by atoms with van der Waals surface area (Å²) >= 11 is 1.59. The van der Waals surface area contributed by atoms with Crippen LogP contribution in [-0.4, -0.2) is 67.8 Å². The highest BCUT2D eigenvalue weighted by Gasteiger charge is 2.29. The summed E-state index contributed by atoms with van der Waals surface area (Å²) in [6, 6.07) is 9.61. The molecule has 1 aliphatic carbocycles. The van der Waals surface area contributed by atoms with Crippen LogP contribution in [-0.2, 0) is 10.2 Å². The van der Waals surface area contributed by atoms with Gasteiger partial charge in [-0.15, -0.1) is 0 Å². The second-order valence-electron chi connectivity index (χ2n) is 12.4. The first kappa shape index (κ1) is 27.9. The Bertz CT molecular complexity index is 1740. The molecule has 0 atom stereocenters. The molecule has 0 spiro atoms.